The second-order valence-corrected chi connectivity index (χ2v) is 6.40. The number of aromatic amines is 1. The van der Waals surface area contributed by atoms with Crippen LogP contribution >= 0.6 is 0 Å². The molecule has 30 heavy (non-hydrogen) atoms. The van der Waals surface area contributed by atoms with E-state index in [9.17, 15) is 9.59 Å². The molecule has 0 aliphatic rings. The van der Waals surface area contributed by atoms with Crippen molar-refractivity contribution < 1.29 is 23.8 Å². The van der Waals surface area contributed by atoms with Crippen LogP contribution in [0.3, 0.4) is 0 Å². The number of nitrogens with zero attached hydrogens (tertiary/aromatic N) is 1. The first-order valence-corrected chi connectivity index (χ1v) is 9.33. The number of nitrogens with one attached hydrogen (secondary N) is 2. The molecule has 0 fully saturated rings. The number of hydrogen-bond acceptors (Lipinski definition) is 6. The molecule has 0 aliphatic carbocycles. The number of H-pyrrole nitrogens is 1. The maximum atomic E-state index is 12.4. The third kappa shape index (κ3) is 4.43. The van der Waals surface area contributed by atoms with E-state index in [0.29, 0.717) is 28.4 Å². The van der Waals surface area contributed by atoms with Gasteiger partial charge in [0.2, 0.25) is 5.91 Å². The lowest BCUT2D eigenvalue weighted by molar-refractivity contribution is -0.114. The summed E-state index contributed by atoms with van der Waals surface area (Å²) in [6, 6.07) is 12.5. The monoisotopic (exact) mass is 409 g/mol. The molecule has 3 aromatic rings. The molecule has 8 nitrogen and oxygen atoms in total. The summed E-state index contributed by atoms with van der Waals surface area (Å²) in [5, 5.41) is 10.0. The van der Waals surface area contributed by atoms with Crippen molar-refractivity contribution >= 4 is 17.6 Å². The fourth-order valence-corrected chi connectivity index (χ4v) is 3.00. The van der Waals surface area contributed by atoms with Crippen LogP contribution in [0.2, 0.25) is 0 Å². The first kappa shape index (κ1) is 20.9. The van der Waals surface area contributed by atoms with Gasteiger partial charge in [0.15, 0.2) is 11.5 Å². The van der Waals surface area contributed by atoms with Gasteiger partial charge in [0.05, 0.1) is 43.5 Å². The second-order valence-electron chi connectivity index (χ2n) is 6.40. The normalized spacial score (nSPS) is 10.4. The van der Waals surface area contributed by atoms with Gasteiger partial charge in [-0.05, 0) is 43.3 Å². The first-order chi connectivity index (χ1) is 14.5. The van der Waals surface area contributed by atoms with Crippen LogP contribution in [0, 0.1) is 0 Å². The van der Waals surface area contributed by atoms with Gasteiger partial charge in [0.25, 0.3) is 0 Å². The van der Waals surface area contributed by atoms with E-state index < -0.39 is 5.97 Å². The average molecular weight is 409 g/mol. The fourth-order valence-electron chi connectivity index (χ4n) is 3.00. The van der Waals surface area contributed by atoms with E-state index in [-0.39, 0.29) is 18.1 Å². The van der Waals surface area contributed by atoms with Gasteiger partial charge in [-0.1, -0.05) is 6.07 Å². The molecule has 0 unspecified atom stereocenters. The minimum Gasteiger partial charge on any atom is -0.493 e. The molecule has 0 radical (unpaired) electrons. The minimum atomic E-state index is -0.515. The van der Waals surface area contributed by atoms with Crippen molar-refractivity contribution in [2.24, 2.45) is 0 Å². The highest BCUT2D eigenvalue weighted by Crippen LogP contribution is 2.33. The number of carbonyl (C=O) groups excluding carboxylic acids is 2. The Morgan fingerprint density at radius 3 is 2.40 bits per heavy atom. The summed E-state index contributed by atoms with van der Waals surface area (Å²) >= 11 is 0. The number of aromatic nitrogens is 2. The third-order valence-corrected chi connectivity index (χ3v) is 4.39. The molecule has 1 aromatic heterocycles. The number of carbonyl (C=O) groups is 2. The Morgan fingerprint density at radius 1 is 1.00 bits per heavy atom. The molecule has 156 valence electrons. The molecular formula is C22H23N3O5. The van der Waals surface area contributed by atoms with Gasteiger partial charge in [-0.25, -0.2) is 4.79 Å². The third-order valence-electron chi connectivity index (χ3n) is 4.39. The Morgan fingerprint density at radius 2 is 1.73 bits per heavy atom. The van der Waals surface area contributed by atoms with Crippen molar-refractivity contribution in [2.75, 3.05) is 26.1 Å². The van der Waals surface area contributed by atoms with E-state index in [0.717, 1.165) is 11.3 Å². The molecule has 1 heterocycles. The number of amides is 1. The molecule has 0 atom stereocenters. The van der Waals surface area contributed by atoms with E-state index >= 15 is 0 Å². The van der Waals surface area contributed by atoms with Gasteiger partial charge in [-0.2, -0.15) is 5.10 Å². The van der Waals surface area contributed by atoms with Crippen LogP contribution in [0.25, 0.3) is 22.5 Å². The SMILES string of the molecule is CCOC(=O)c1cc(-c2cc(-c3ccc(OC)c(OC)c3)[nH]n2)ccc1NC(C)=O. The van der Waals surface area contributed by atoms with Crippen LogP contribution in [-0.2, 0) is 9.53 Å². The van der Waals surface area contributed by atoms with Gasteiger partial charge in [0.1, 0.15) is 0 Å². The summed E-state index contributed by atoms with van der Waals surface area (Å²) in [7, 11) is 3.16. The largest absolute Gasteiger partial charge is 0.493 e. The summed E-state index contributed by atoms with van der Waals surface area (Å²) < 4.78 is 15.7. The number of methoxy groups -OCH3 is 2. The molecule has 3 rings (SSSR count). The Kier molecular flexibility index (Phi) is 6.36. The predicted octanol–water partition coefficient (Wildman–Crippen LogP) is 3.90. The van der Waals surface area contributed by atoms with Gasteiger partial charge >= 0.3 is 5.97 Å². The summed E-state index contributed by atoms with van der Waals surface area (Å²) in [6.45, 7) is 3.34. The van der Waals surface area contributed by atoms with Crippen LogP contribution in [0.15, 0.2) is 42.5 Å². The van der Waals surface area contributed by atoms with Crippen molar-refractivity contribution in [1.29, 1.82) is 0 Å². The molecule has 2 N–H and O–H groups in total. The van der Waals surface area contributed by atoms with E-state index in [1.165, 1.54) is 6.92 Å². The Bertz CT molecular complexity index is 1070. The molecule has 0 spiro atoms. The number of anilines is 1. The Labute approximate surface area is 174 Å². The van der Waals surface area contributed by atoms with Crippen LogP contribution in [-0.4, -0.2) is 42.9 Å². The smallest absolute Gasteiger partial charge is 0.340 e. The second kappa shape index (κ2) is 9.13. The summed E-state index contributed by atoms with van der Waals surface area (Å²) in [6.07, 6.45) is 0. The summed E-state index contributed by atoms with van der Waals surface area (Å²) in [4.78, 5) is 23.8. The Hall–Kier alpha value is -3.81. The van der Waals surface area contributed by atoms with Crippen molar-refractivity contribution in [3.63, 3.8) is 0 Å². The standard InChI is InChI=1S/C22H23N3O5/c1-5-30-22(27)16-10-14(6-8-17(16)23-13(2)26)18-12-19(25-24-18)15-7-9-20(28-3)21(11-15)29-4/h6-12H,5H2,1-4H3,(H,23,26)(H,24,25). The maximum Gasteiger partial charge on any atom is 0.340 e. The highest BCUT2D eigenvalue weighted by Gasteiger charge is 2.17. The zero-order valence-corrected chi connectivity index (χ0v) is 17.2. The maximum absolute atomic E-state index is 12.4. The van der Waals surface area contributed by atoms with Gasteiger partial charge in [-0.15, -0.1) is 0 Å². The quantitative estimate of drug-likeness (QED) is 0.574. The highest BCUT2D eigenvalue weighted by atomic mass is 16.5. The lowest BCUT2D eigenvalue weighted by Crippen LogP contribution is -2.13. The van der Waals surface area contributed by atoms with Crippen molar-refractivity contribution in [3.8, 4) is 34.0 Å². The summed E-state index contributed by atoms with van der Waals surface area (Å²) in [5.41, 5.74) is 3.64. The summed E-state index contributed by atoms with van der Waals surface area (Å²) in [5.74, 6) is 0.451. The zero-order valence-electron chi connectivity index (χ0n) is 17.2. The number of ether oxygens (including phenoxy) is 3. The number of hydrogen-bond donors (Lipinski definition) is 2. The van der Waals surface area contributed by atoms with E-state index in [4.69, 9.17) is 14.2 Å². The van der Waals surface area contributed by atoms with Gasteiger partial charge in [0, 0.05) is 18.1 Å². The Balaban J connectivity index is 1.97. The average Bonchev–Trinajstić information content (AvgIpc) is 3.23. The lowest BCUT2D eigenvalue weighted by atomic mass is 10.0. The lowest BCUT2D eigenvalue weighted by Gasteiger charge is -2.10. The molecule has 0 saturated heterocycles. The number of esters is 1. The van der Waals surface area contributed by atoms with E-state index in [2.05, 4.69) is 15.5 Å². The molecule has 0 bridgehead atoms. The molecular weight excluding hydrogens is 386 g/mol. The van der Waals surface area contributed by atoms with Crippen molar-refractivity contribution in [2.45, 2.75) is 13.8 Å². The topological polar surface area (TPSA) is 103 Å². The van der Waals surface area contributed by atoms with Gasteiger partial charge in [-0.3, -0.25) is 9.89 Å². The highest BCUT2D eigenvalue weighted by molar-refractivity contribution is 6.01. The molecule has 8 heteroatoms. The fraction of sp³-hybridized carbons (Fsp3) is 0.227. The van der Waals surface area contributed by atoms with Crippen molar-refractivity contribution in [3.05, 3.63) is 48.0 Å². The van der Waals surface area contributed by atoms with Gasteiger partial charge < -0.3 is 19.5 Å². The van der Waals surface area contributed by atoms with Crippen LogP contribution in [0.1, 0.15) is 24.2 Å². The molecule has 0 saturated carbocycles. The molecule has 2 aromatic carbocycles. The first-order valence-electron chi connectivity index (χ1n) is 9.33. The predicted molar refractivity (Wildman–Crippen MR) is 113 cm³/mol. The minimum absolute atomic E-state index is 0.231. The molecule has 1 amide bonds. The van der Waals surface area contributed by atoms with E-state index in [1.807, 2.05) is 24.3 Å². The van der Waals surface area contributed by atoms with Crippen LogP contribution < -0.4 is 14.8 Å². The van der Waals surface area contributed by atoms with Crippen LogP contribution in [0.4, 0.5) is 5.69 Å². The number of benzene rings is 2. The zero-order chi connectivity index (χ0) is 21.7. The molecule has 0 aliphatic heterocycles. The van der Waals surface area contributed by atoms with Crippen molar-refractivity contribution in [1.82, 2.24) is 10.2 Å². The van der Waals surface area contributed by atoms with Crippen LogP contribution in [0.5, 0.6) is 11.5 Å². The van der Waals surface area contributed by atoms with E-state index in [1.54, 1.807) is 39.3 Å². The number of rotatable bonds is 7.